The van der Waals surface area contributed by atoms with Gasteiger partial charge in [-0.25, -0.2) is 4.79 Å². The SMILES string of the molecule is CN1CCN(c2ccc(N3CCN(c4ccc(O)cc4)CC3)cc2)C1=O. The van der Waals surface area contributed by atoms with E-state index in [9.17, 15) is 9.90 Å². The number of phenolic OH excluding ortho intramolecular Hbond substituents is 1. The quantitative estimate of drug-likeness (QED) is 0.923. The number of benzene rings is 2. The van der Waals surface area contributed by atoms with E-state index in [4.69, 9.17) is 0 Å². The summed E-state index contributed by atoms with van der Waals surface area (Å²) >= 11 is 0. The fourth-order valence-corrected chi connectivity index (χ4v) is 3.62. The van der Waals surface area contributed by atoms with Crippen LogP contribution in [-0.2, 0) is 0 Å². The highest BCUT2D eigenvalue weighted by Gasteiger charge is 2.26. The number of hydrogen-bond donors (Lipinski definition) is 1. The first-order valence-electron chi connectivity index (χ1n) is 9.03. The first kappa shape index (κ1) is 16.6. The summed E-state index contributed by atoms with van der Waals surface area (Å²) in [5.74, 6) is 0.301. The number of urea groups is 1. The van der Waals surface area contributed by atoms with E-state index in [2.05, 4.69) is 21.9 Å². The molecule has 0 saturated carbocycles. The molecule has 1 N–H and O–H groups in total. The number of carbonyl (C=O) groups is 1. The van der Waals surface area contributed by atoms with Gasteiger partial charge in [-0.15, -0.1) is 0 Å². The molecule has 2 heterocycles. The van der Waals surface area contributed by atoms with Crippen molar-refractivity contribution in [3.63, 3.8) is 0 Å². The average Bonchev–Trinajstić information content (AvgIpc) is 3.02. The molecule has 0 atom stereocenters. The number of carbonyl (C=O) groups excluding carboxylic acids is 1. The van der Waals surface area contributed by atoms with Gasteiger partial charge in [-0.2, -0.15) is 0 Å². The molecule has 2 aliphatic rings. The molecule has 6 heteroatoms. The largest absolute Gasteiger partial charge is 0.508 e. The van der Waals surface area contributed by atoms with Crippen molar-refractivity contribution < 1.29 is 9.90 Å². The Bertz CT molecular complexity index is 767. The first-order chi connectivity index (χ1) is 12.6. The maximum absolute atomic E-state index is 12.1. The van der Waals surface area contributed by atoms with Crippen LogP contribution in [0.2, 0.25) is 0 Å². The lowest BCUT2D eigenvalue weighted by Crippen LogP contribution is -2.46. The van der Waals surface area contributed by atoms with E-state index in [-0.39, 0.29) is 6.03 Å². The van der Waals surface area contributed by atoms with Crippen molar-refractivity contribution in [2.45, 2.75) is 0 Å². The zero-order valence-electron chi connectivity index (χ0n) is 15.0. The molecule has 4 rings (SSSR count). The maximum atomic E-state index is 12.1. The van der Waals surface area contributed by atoms with Crippen LogP contribution in [-0.4, -0.2) is 62.4 Å². The highest BCUT2D eigenvalue weighted by atomic mass is 16.3. The smallest absolute Gasteiger partial charge is 0.324 e. The van der Waals surface area contributed by atoms with Crippen molar-refractivity contribution in [1.29, 1.82) is 0 Å². The summed E-state index contributed by atoms with van der Waals surface area (Å²) in [7, 11) is 1.84. The molecule has 2 fully saturated rings. The minimum atomic E-state index is 0.0697. The molecule has 2 aliphatic heterocycles. The lowest BCUT2D eigenvalue weighted by atomic mass is 10.2. The Morgan fingerprint density at radius 2 is 1.15 bits per heavy atom. The Hall–Kier alpha value is -2.89. The van der Waals surface area contributed by atoms with Crippen molar-refractivity contribution in [3.05, 3.63) is 48.5 Å². The van der Waals surface area contributed by atoms with Crippen molar-refractivity contribution in [2.24, 2.45) is 0 Å². The van der Waals surface area contributed by atoms with Crippen molar-refractivity contribution in [3.8, 4) is 5.75 Å². The van der Waals surface area contributed by atoms with Gasteiger partial charge in [0.15, 0.2) is 0 Å². The van der Waals surface area contributed by atoms with Crippen LogP contribution >= 0.6 is 0 Å². The van der Waals surface area contributed by atoms with Gasteiger partial charge in [0, 0.05) is 63.4 Å². The summed E-state index contributed by atoms with van der Waals surface area (Å²) in [6.07, 6.45) is 0. The molecule has 2 saturated heterocycles. The van der Waals surface area contributed by atoms with E-state index in [0.717, 1.165) is 50.6 Å². The molecule has 2 amide bonds. The number of amides is 2. The number of aromatic hydroxyl groups is 1. The number of likely N-dealkylation sites (N-methyl/N-ethyl adjacent to an activating group) is 1. The summed E-state index contributed by atoms with van der Waals surface area (Å²) in [6.45, 7) is 5.32. The number of rotatable bonds is 3. The fourth-order valence-electron chi connectivity index (χ4n) is 3.62. The Morgan fingerprint density at radius 3 is 1.62 bits per heavy atom. The zero-order chi connectivity index (χ0) is 18.1. The molecule has 2 aromatic rings. The Labute approximate surface area is 153 Å². The Kier molecular flexibility index (Phi) is 4.32. The summed E-state index contributed by atoms with van der Waals surface area (Å²) in [5, 5.41) is 9.42. The molecule has 0 aromatic heterocycles. The van der Waals surface area contributed by atoms with Crippen LogP contribution in [0.1, 0.15) is 0 Å². The van der Waals surface area contributed by atoms with Gasteiger partial charge >= 0.3 is 6.03 Å². The predicted octanol–water partition coefficient (Wildman–Crippen LogP) is 2.59. The second-order valence-corrected chi connectivity index (χ2v) is 6.86. The number of anilines is 3. The number of phenols is 1. The maximum Gasteiger partial charge on any atom is 0.324 e. The average molecular weight is 352 g/mol. The summed E-state index contributed by atoms with van der Waals surface area (Å²) in [6, 6.07) is 15.8. The van der Waals surface area contributed by atoms with Gasteiger partial charge in [-0.1, -0.05) is 0 Å². The highest BCUT2D eigenvalue weighted by Crippen LogP contribution is 2.26. The second-order valence-electron chi connectivity index (χ2n) is 6.86. The van der Waals surface area contributed by atoms with Crippen LogP contribution in [0.25, 0.3) is 0 Å². The minimum Gasteiger partial charge on any atom is -0.508 e. The van der Waals surface area contributed by atoms with Crippen molar-refractivity contribution >= 4 is 23.1 Å². The molecule has 0 unspecified atom stereocenters. The fraction of sp³-hybridized carbons (Fsp3) is 0.350. The molecular formula is C20H24N4O2. The Morgan fingerprint density at radius 1 is 0.692 bits per heavy atom. The molecule has 26 heavy (non-hydrogen) atoms. The van der Waals surface area contributed by atoms with Crippen molar-refractivity contribution in [2.75, 3.05) is 61.0 Å². The lowest BCUT2D eigenvalue weighted by Gasteiger charge is -2.37. The topological polar surface area (TPSA) is 50.3 Å². The van der Waals surface area contributed by atoms with Crippen LogP contribution < -0.4 is 14.7 Å². The minimum absolute atomic E-state index is 0.0697. The van der Waals surface area contributed by atoms with E-state index in [1.54, 1.807) is 17.0 Å². The monoisotopic (exact) mass is 352 g/mol. The lowest BCUT2D eigenvalue weighted by molar-refractivity contribution is 0.229. The summed E-state index contributed by atoms with van der Waals surface area (Å²) in [5.41, 5.74) is 3.30. The Balaban J connectivity index is 1.38. The third kappa shape index (κ3) is 3.14. The second kappa shape index (κ2) is 6.78. The molecular weight excluding hydrogens is 328 g/mol. The van der Waals surface area contributed by atoms with E-state index >= 15 is 0 Å². The predicted molar refractivity (Wildman–Crippen MR) is 104 cm³/mol. The molecule has 0 radical (unpaired) electrons. The number of nitrogens with zero attached hydrogens (tertiary/aromatic N) is 4. The van der Waals surface area contributed by atoms with E-state index < -0.39 is 0 Å². The van der Waals surface area contributed by atoms with Gasteiger partial charge in [0.1, 0.15) is 5.75 Å². The van der Waals surface area contributed by atoms with Gasteiger partial charge < -0.3 is 19.8 Å². The van der Waals surface area contributed by atoms with E-state index in [0.29, 0.717) is 5.75 Å². The first-order valence-corrected chi connectivity index (χ1v) is 9.03. The van der Waals surface area contributed by atoms with E-state index in [1.807, 2.05) is 36.2 Å². The van der Waals surface area contributed by atoms with Crippen molar-refractivity contribution in [1.82, 2.24) is 4.90 Å². The van der Waals surface area contributed by atoms with Crippen LogP contribution in [0.3, 0.4) is 0 Å². The summed E-state index contributed by atoms with van der Waals surface area (Å²) in [4.78, 5) is 20.4. The zero-order valence-corrected chi connectivity index (χ0v) is 15.0. The number of piperazine rings is 1. The molecule has 2 aromatic carbocycles. The highest BCUT2D eigenvalue weighted by molar-refractivity contribution is 5.94. The van der Waals surface area contributed by atoms with E-state index in [1.165, 1.54) is 5.69 Å². The summed E-state index contributed by atoms with van der Waals surface area (Å²) < 4.78 is 0. The molecule has 0 spiro atoms. The van der Waals surface area contributed by atoms with Gasteiger partial charge in [0.2, 0.25) is 0 Å². The number of hydrogen-bond acceptors (Lipinski definition) is 4. The van der Waals surface area contributed by atoms with Gasteiger partial charge in [0.25, 0.3) is 0 Å². The normalized spacial score (nSPS) is 18.0. The van der Waals surface area contributed by atoms with Crippen LogP contribution in [0.4, 0.5) is 21.9 Å². The van der Waals surface area contributed by atoms with Gasteiger partial charge in [0.05, 0.1) is 0 Å². The van der Waals surface area contributed by atoms with Crippen LogP contribution in [0.5, 0.6) is 5.75 Å². The van der Waals surface area contributed by atoms with Gasteiger partial charge in [-0.3, -0.25) is 4.90 Å². The third-order valence-electron chi connectivity index (χ3n) is 5.24. The molecule has 136 valence electrons. The van der Waals surface area contributed by atoms with Crippen LogP contribution in [0.15, 0.2) is 48.5 Å². The molecule has 0 bridgehead atoms. The molecule has 6 nitrogen and oxygen atoms in total. The van der Waals surface area contributed by atoms with Crippen LogP contribution in [0, 0.1) is 0 Å². The third-order valence-corrected chi connectivity index (χ3v) is 5.24. The standard InChI is InChI=1S/C20H24N4O2/c1-21-10-15-24(20(21)26)18-4-2-16(3-5-18)22-11-13-23(14-12-22)17-6-8-19(25)9-7-17/h2-9,25H,10-15H2,1H3. The van der Waals surface area contributed by atoms with Gasteiger partial charge in [-0.05, 0) is 48.5 Å². The molecule has 0 aliphatic carbocycles.